The van der Waals surface area contributed by atoms with E-state index in [1.54, 1.807) is 0 Å². The fraction of sp³-hybridized carbons (Fsp3) is 0.455. The van der Waals surface area contributed by atoms with Crippen LogP contribution in [-0.2, 0) is 0 Å². The molecule has 1 nitrogen and oxygen atoms in total. The third-order valence-corrected chi connectivity index (χ3v) is 3.28. The predicted octanol–water partition coefficient (Wildman–Crippen LogP) is 3.80. The Kier molecular flexibility index (Phi) is 2.89. The molecule has 1 aliphatic rings. The molecule has 1 aliphatic carbocycles. The van der Waals surface area contributed by atoms with Gasteiger partial charge in [0.1, 0.15) is 0 Å². The van der Waals surface area contributed by atoms with Crippen molar-refractivity contribution in [1.29, 1.82) is 0 Å². The molecule has 0 bridgehead atoms. The summed E-state index contributed by atoms with van der Waals surface area (Å²) in [7, 11) is 0. The predicted molar refractivity (Wildman–Crippen MR) is 60.0 cm³/mol. The topological polar surface area (TPSA) is 12.0 Å². The molecular weight excluding hydrogens is 226 g/mol. The maximum Gasteiger partial charge on any atom is 0.0486 e. The second-order valence-electron chi connectivity index (χ2n) is 3.61. The van der Waals surface area contributed by atoms with E-state index in [2.05, 4.69) is 39.4 Å². The van der Waals surface area contributed by atoms with Crippen molar-refractivity contribution in [2.45, 2.75) is 31.7 Å². The van der Waals surface area contributed by atoms with Crippen molar-refractivity contribution < 1.29 is 0 Å². The minimum Gasteiger partial charge on any atom is -0.381 e. The van der Waals surface area contributed by atoms with Gasteiger partial charge in [-0.3, -0.25) is 0 Å². The Bertz CT molecular complexity index is 279. The number of hydrogen-bond acceptors (Lipinski definition) is 1. The summed E-state index contributed by atoms with van der Waals surface area (Å²) in [5, 5.41) is 3.56. The Hall–Kier alpha value is -0.500. The Morgan fingerprint density at radius 1 is 1.15 bits per heavy atom. The van der Waals surface area contributed by atoms with Crippen molar-refractivity contribution in [3.05, 3.63) is 28.7 Å². The fourth-order valence-corrected chi connectivity index (χ4v) is 2.27. The first-order chi connectivity index (χ1) is 6.36. The van der Waals surface area contributed by atoms with Crippen molar-refractivity contribution in [3.8, 4) is 0 Å². The molecular formula is C11H14BrN. The summed E-state index contributed by atoms with van der Waals surface area (Å²) < 4.78 is 1.17. The van der Waals surface area contributed by atoms with Gasteiger partial charge in [-0.1, -0.05) is 25.0 Å². The van der Waals surface area contributed by atoms with Crippen LogP contribution in [0, 0.1) is 0 Å². The van der Waals surface area contributed by atoms with Gasteiger partial charge < -0.3 is 5.32 Å². The van der Waals surface area contributed by atoms with Crippen LogP contribution >= 0.6 is 15.9 Å². The Morgan fingerprint density at radius 3 is 2.54 bits per heavy atom. The van der Waals surface area contributed by atoms with Crippen LogP contribution in [0.15, 0.2) is 28.7 Å². The Balaban J connectivity index is 2.04. The second-order valence-corrected chi connectivity index (χ2v) is 4.46. The third-order valence-electron chi connectivity index (χ3n) is 2.59. The van der Waals surface area contributed by atoms with Crippen molar-refractivity contribution in [2.24, 2.45) is 0 Å². The van der Waals surface area contributed by atoms with Crippen LogP contribution in [0.2, 0.25) is 0 Å². The minimum absolute atomic E-state index is 0.693. The zero-order chi connectivity index (χ0) is 9.10. The lowest BCUT2D eigenvalue weighted by atomic mass is 10.2. The minimum atomic E-state index is 0.693. The molecule has 1 N–H and O–H groups in total. The van der Waals surface area contributed by atoms with Crippen LogP contribution in [0.4, 0.5) is 5.69 Å². The van der Waals surface area contributed by atoms with Gasteiger partial charge in [-0.25, -0.2) is 0 Å². The number of hydrogen-bond donors (Lipinski definition) is 1. The average Bonchev–Trinajstić information content (AvgIpc) is 2.61. The molecule has 0 radical (unpaired) electrons. The standard InChI is InChI=1S/C11H14BrN/c12-10-7-3-4-8-11(10)13-9-5-1-2-6-9/h3-4,7-9,13H,1-2,5-6H2. The summed E-state index contributed by atoms with van der Waals surface area (Å²) in [6.45, 7) is 0. The van der Waals surface area contributed by atoms with E-state index in [-0.39, 0.29) is 0 Å². The molecule has 1 aromatic rings. The first kappa shape index (κ1) is 9.07. The second kappa shape index (κ2) is 4.14. The van der Waals surface area contributed by atoms with Crippen molar-refractivity contribution in [3.63, 3.8) is 0 Å². The highest BCUT2D eigenvalue weighted by atomic mass is 79.9. The highest BCUT2D eigenvalue weighted by Gasteiger charge is 2.14. The van der Waals surface area contributed by atoms with E-state index in [0.717, 1.165) is 0 Å². The van der Waals surface area contributed by atoms with E-state index < -0.39 is 0 Å². The summed E-state index contributed by atoms with van der Waals surface area (Å²) in [5.41, 5.74) is 1.23. The third kappa shape index (κ3) is 2.25. The van der Waals surface area contributed by atoms with Crippen LogP contribution in [0.25, 0.3) is 0 Å². The van der Waals surface area contributed by atoms with Gasteiger partial charge in [-0.15, -0.1) is 0 Å². The highest BCUT2D eigenvalue weighted by molar-refractivity contribution is 9.10. The lowest BCUT2D eigenvalue weighted by molar-refractivity contribution is 0.755. The van der Waals surface area contributed by atoms with Crippen molar-refractivity contribution in [2.75, 3.05) is 5.32 Å². The molecule has 0 unspecified atom stereocenters. The molecule has 0 aromatic heterocycles. The molecule has 2 rings (SSSR count). The SMILES string of the molecule is Brc1ccccc1NC1CCCC1. The molecule has 0 heterocycles. The monoisotopic (exact) mass is 239 g/mol. The van der Waals surface area contributed by atoms with E-state index in [4.69, 9.17) is 0 Å². The van der Waals surface area contributed by atoms with E-state index in [0.29, 0.717) is 6.04 Å². The number of para-hydroxylation sites is 1. The van der Waals surface area contributed by atoms with Crippen LogP contribution in [0.5, 0.6) is 0 Å². The van der Waals surface area contributed by atoms with Gasteiger partial charge in [0.05, 0.1) is 0 Å². The van der Waals surface area contributed by atoms with Gasteiger partial charge >= 0.3 is 0 Å². The molecule has 2 heteroatoms. The largest absolute Gasteiger partial charge is 0.381 e. The average molecular weight is 240 g/mol. The highest BCUT2D eigenvalue weighted by Crippen LogP contribution is 2.26. The van der Waals surface area contributed by atoms with Gasteiger partial charge in [-0.05, 0) is 40.9 Å². The van der Waals surface area contributed by atoms with Gasteiger partial charge in [0.15, 0.2) is 0 Å². The molecule has 1 aromatic carbocycles. The number of halogens is 1. The van der Waals surface area contributed by atoms with Gasteiger partial charge in [0.2, 0.25) is 0 Å². The zero-order valence-electron chi connectivity index (χ0n) is 7.59. The van der Waals surface area contributed by atoms with Crippen molar-refractivity contribution >= 4 is 21.6 Å². The quantitative estimate of drug-likeness (QED) is 0.828. The van der Waals surface area contributed by atoms with E-state index in [9.17, 15) is 0 Å². The Labute approximate surface area is 87.7 Å². The van der Waals surface area contributed by atoms with Crippen LogP contribution in [0.3, 0.4) is 0 Å². The number of nitrogens with one attached hydrogen (secondary N) is 1. The van der Waals surface area contributed by atoms with Crippen molar-refractivity contribution in [1.82, 2.24) is 0 Å². The van der Waals surface area contributed by atoms with E-state index in [1.807, 2.05) is 6.07 Å². The van der Waals surface area contributed by atoms with E-state index in [1.165, 1.54) is 35.8 Å². The van der Waals surface area contributed by atoms with Gasteiger partial charge in [0.25, 0.3) is 0 Å². The van der Waals surface area contributed by atoms with Gasteiger partial charge in [-0.2, -0.15) is 0 Å². The Morgan fingerprint density at radius 2 is 1.85 bits per heavy atom. The lowest BCUT2D eigenvalue weighted by Crippen LogP contribution is -2.14. The first-order valence-electron chi connectivity index (χ1n) is 4.87. The van der Waals surface area contributed by atoms with Crippen LogP contribution in [-0.4, -0.2) is 6.04 Å². The number of anilines is 1. The smallest absolute Gasteiger partial charge is 0.0486 e. The molecule has 70 valence electrons. The molecule has 0 aliphatic heterocycles. The summed E-state index contributed by atoms with van der Waals surface area (Å²) in [6, 6.07) is 9.02. The molecule has 0 saturated heterocycles. The summed E-state index contributed by atoms with van der Waals surface area (Å²) in [6.07, 6.45) is 5.40. The lowest BCUT2D eigenvalue weighted by Gasteiger charge is -2.14. The summed E-state index contributed by atoms with van der Waals surface area (Å²) in [5.74, 6) is 0. The van der Waals surface area contributed by atoms with Crippen LogP contribution in [0.1, 0.15) is 25.7 Å². The maximum atomic E-state index is 3.56. The maximum absolute atomic E-state index is 3.56. The summed E-state index contributed by atoms with van der Waals surface area (Å²) >= 11 is 3.54. The molecule has 0 atom stereocenters. The molecule has 13 heavy (non-hydrogen) atoms. The van der Waals surface area contributed by atoms with Crippen LogP contribution < -0.4 is 5.32 Å². The summed E-state index contributed by atoms with van der Waals surface area (Å²) in [4.78, 5) is 0. The number of benzene rings is 1. The zero-order valence-corrected chi connectivity index (χ0v) is 9.18. The molecule has 0 spiro atoms. The van der Waals surface area contributed by atoms with E-state index >= 15 is 0 Å². The molecule has 1 saturated carbocycles. The molecule has 0 amide bonds. The fourth-order valence-electron chi connectivity index (χ4n) is 1.87. The number of rotatable bonds is 2. The first-order valence-corrected chi connectivity index (χ1v) is 5.66. The van der Waals surface area contributed by atoms with Gasteiger partial charge in [0, 0.05) is 16.2 Å². The normalized spacial score (nSPS) is 17.6. The molecule has 1 fully saturated rings.